The summed E-state index contributed by atoms with van der Waals surface area (Å²) in [7, 11) is 0. The Hall–Kier alpha value is -2.86. The molecule has 0 bridgehead atoms. The maximum Gasteiger partial charge on any atom is 0.152 e. The molecule has 96 valence electrons. The summed E-state index contributed by atoms with van der Waals surface area (Å²) in [6.45, 7) is 0.510. The fourth-order valence-electron chi connectivity index (χ4n) is 2.11. The largest absolute Gasteiger partial charge is 0.320 e. The molecule has 2 aromatic heterocycles. The fourth-order valence-corrected chi connectivity index (χ4v) is 2.11. The van der Waals surface area contributed by atoms with E-state index in [4.69, 9.17) is 0 Å². The second-order valence-corrected chi connectivity index (χ2v) is 4.37. The number of benzene rings is 1. The van der Waals surface area contributed by atoms with Crippen molar-refractivity contribution in [2.45, 2.75) is 6.54 Å². The topological polar surface area (TPSA) is 34.9 Å². The van der Waals surface area contributed by atoms with Crippen molar-refractivity contribution in [3.63, 3.8) is 0 Å². The molecule has 0 amide bonds. The van der Waals surface area contributed by atoms with Crippen molar-refractivity contribution < 1.29 is 4.79 Å². The van der Waals surface area contributed by atoms with Gasteiger partial charge in [0.15, 0.2) is 6.29 Å². The molecule has 0 unspecified atom stereocenters. The number of hydrogen-bond acceptors (Lipinski definition) is 2. The molecule has 20 heavy (non-hydrogen) atoms. The van der Waals surface area contributed by atoms with Crippen molar-refractivity contribution in [3.8, 4) is 11.8 Å². The van der Waals surface area contributed by atoms with Gasteiger partial charge in [-0.15, -0.1) is 0 Å². The third-order valence-corrected chi connectivity index (χ3v) is 3.05. The molecule has 0 aliphatic carbocycles. The van der Waals surface area contributed by atoms with Crippen LogP contribution in [0.25, 0.3) is 11.0 Å². The molecule has 0 aliphatic heterocycles. The molecule has 0 saturated heterocycles. The molecule has 1 aromatic carbocycles. The van der Waals surface area contributed by atoms with E-state index in [-0.39, 0.29) is 0 Å². The first-order chi connectivity index (χ1) is 9.88. The Morgan fingerprint density at radius 1 is 1.15 bits per heavy atom. The van der Waals surface area contributed by atoms with E-state index in [2.05, 4.69) is 16.8 Å². The molecule has 0 spiro atoms. The van der Waals surface area contributed by atoms with Gasteiger partial charge in [-0.3, -0.25) is 4.79 Å². The maximum atomic E-state index is 11.1. The highest BCUT2D eigenvalue weighted by Gasteiger charge is 2.06. The molecule has 3 rings (SSSR count). The monoisotopic (exact) mass is 260 g/mol. The van der Waals surface area contributed by atoms with Gasteiger partial charge >= 0.3 is 0 Å². The Kier molecular flexibility index (Phi) is 3.30. The van der Waals surface area contributed by atoms with Gasteiger partial charge in [-0.25, -0.2) is 4.98 Å². The lowest BCUT2D eigenvalue weighted by Gasteiger charge is -1.97. The van der Waals surface area contributed by atoms with Crippen LogP contribution in [0, 0.1) is 11.8 Å². The molecule has 0 fully saturated rings. The first-order valence-corrected chi connectivity index (χ1v) is 6.31. The summed E-state index contributed by atoms with van der Waals surface area (Å²) in [6.07, 6.45) is 4.37. The van der Waals surface area contributed by atoms with Crippen LogP contribution in [0.5, 0.6) is 0 Å². The number of nitrogens with zero attached hydrogens (tertiary/aromatic N) is 2. The molecule has 3 nitrogen and oxygen atoms in total. The van der Waals surface area contributed by atoms with Crippen LogP contribution >= 0.6 is 0 Å². The van der Waals surface area contributed by atoms with Gasteiger partial charge in [0.05, 0.1) is 6.54 Å². The molecular weight excluding hydrogens is 248 g/mol. The van der Waals surface area contributed by atoms with Crippen molar-refractivity contribution >= 4 is 17.3 Å². The number of pyridine rings is 1. The number of fused-ring (bicyclic) bond motifs is 1. The lowest BCUT2D eigenvalue weighted by molar-refractivity contribution is 0.112. The normalized spacial score (nSPS) is 10.0. The van der Waals surface area contributed by atoms with E-state index in [0.29, 0.717) is 12.1 Å². The zero-order valence-corrected chi connectivity index (χ0v) is 10.8. The van der Waals surface area contributed by atoms with E-state index in [1.54, 1.807) is 12.4 Å². The van der Waals surface area contributed by atoms with Gasteiger partial charge in [0, 0.05) is 28.9 Å². The van der Waals surface area contributed by atoms with E-state index in [9.17, 15) is 4.79 Å². The SMILES string of the molecule is O=Cc1cn(CC#Cc2ccccc2)c2ncccc12. The summed E-state index contributed by atoms with van der Waals surface area (Å²) in [5.41, 5.74) is 2.42. The fraction of sp³-hybridized carbons (Fsp3) is 0.0588. The molecular formula is C17H12N2O. The Balaban J connectivity index is 1.92. The number of carbonyl (C=O) groups is 1. The van der Waals surface area contributed by atoms with Crippen LogP contribution in [0.3, 0.4) is 0 Å². The van der Waals surface area contributed by atoms with Crippen LogP contribution in [0.4, 0.5) is 0 Å². The summed E-state index contributed by atoms with van der Waals surface area (Å²) >= 11 is 0. The van der Waals surface area contributed by atoms with Crippen molar-refractivity contribution in [3.05, 3.63) is 66.0 Å². The van der Waals surface area contributed by atoms with Crippen molar-refractivity contribution in [1.82, 2.24) is 9.55 Å². The van der Waals surface area contributed by atoms with E-state index in [0.717, 1.165) is 22.9 Å². The summed E-state index contributed by atoms with van der Waals surface area (Å²) in [6, 6.07) is 13.5. The van der Waals surface area contributed by atoms with Gasteiger partial charge in [0.1, 0.15) is 5.65 Å². The Labute approximate surface area is 116 Å². The first kappa shape index (κ1) is 12.2. The van der Waals surface area contributed by atoms with Crippen LogP contribution in [-0.2, 0) is 6.54 Å². The van der Waals surface area contributed by atoms with Crippen LogP contribution < -0.4 is 0 Å². The maximum absolute atomic E-state index is 11.1. The highest BCUT2D eigenvalue weighted by Crippen LogP contribution is 2.17. The number of aromatic nitrogens is 2. The minimum absolute atomic E-state index is 0.510. The lowest BCUT2D eigenvalue weighted by Crippen LogP contribution is -1.94. The van der Waals surface area contributed by atoms with E-state index >= 15 is 0 Å². The summed E-state index contributed by atoms with van der Waals surface area (Å²) in [5, 5.41) is 0.865. The summed E-state index contributed by atoms with van der Waals surface area (Å²) in [4.78, 5) is 15.4. The van der Waals surface area contributed by atoms with Gasteiger partial charge in [0.25, 0.3) is 0 Å². The molecule has 0 atom stereocenters. The predicted octanol–water partition coefficient (Wildman–Crippen LogP) is 2.90. The van der Waals surface area contributed by atoms with E-state index in [1.807, 2.05) is 47.0 Å². The Bertz CT molecular complexity index is 807. The van der Waals surface area contributed by atoms with Gasteiger partial charge in [-0.2, -0.15) is 0 Å². The predicted molar refractivity (Wildman–Crippen MR) is 78.4 cm³/mol. The van der Waals surface area contributed by atoms with Crippen LogP contribution in [0.2, 0.25) is 0 Å². The number of hydrogen-bond donors (Lipinski definition) is 0. The van der Waals surface area contributed by atoms with Crippen molar-refractivity contribution in [1.29, 1.82) is 0 Å². The number of rotatable bonds is 2. The lowest BCUT2D eigenvalue weighted by atomic mass is 10.2. The van der Waals surface area contributed by atoms with Crippen LogP contribution in [0.1, 0.15) is 15.9 Å². The molecule has 0 aliphatic rings. The smallest absolute Gasteiger partial charge is 0.152 e. The van der Waals surface area contributed by atoms with Crippen LogP contribution in [-0.4, -0.2) is 15.8 Å². The molecule has 0 radical (unpaired) electrons. The van der Waals surface area contributed by atoms with Crippen LogP contribution in [0.15, 0.2) is 54.9 Å². The number of aldehydes is 1. The number of carbonyl (C=O) groups excluding carboxylic acids is 1. The quantitative estimate of drug-likeness (QED) is 0.524. The van der Waals surface area contributed by atoms with Gasteiger partial charge in [-0.1, -0.05) is 30.0 Å². The van der Waals surface area contributed by atoms with Crippen molar-refractivity contribution in [2.75, 3.05) is 0 Å². The molecule has 0 saturated carbocycles. The first-order valence-electron chi connectivity index (χ1n) is 6.31. The second kappa shape index (κ2) is 5.41. The molecule has 0 N–H and O–H groups in total. The van der Waals surface area contributed by atoms with Crippen molar-refractivity contribution in [2.24, 2.45) is 0 Å². The highest BCUT2D eigenvalue weighted by atomic mass is 16.1. The Morgan fingerprint density at radius 2 is 2.00 bits per heavy atom. The molecule has 3 aromatic rings. The zero-order valence-electron chi connectivity index (χ0n) is 10.8. The second-order valence-electron chi connectivity index (χ2n) is 4.37. The summed E-state index contributed by atoms with van der Waals surface area (Å²) in [5.74, 6) is 6.20. The molecule has 3 heteroatoms. The van der Waals surface area contributed by atoms with E-state index < -0.39 is 0 Å². The minimum atomic E-state index is 0.510. The van der Waals surface area contributed by atoms with Gasteiger partial charge in [-0.05, 0) is 24.3 Å². The average Bonchev–Trinajstić information content (AvgIpc) is 2.87. The zero-order chi connectivity index (χ0) is 13.8. The highest BCUT2D eigenvalue weighted by molar-refractivity contribution is 5.95. The summed E-state index contributed by atoms with van der Waals surface area (Å²) < 4.78 is 1.90. The average molecular weight is 260 g/mol. The standard InChI is InChI=1S/C17H12N2O/c20-13-15-12-19(17-16(15)9-4-10-18-17)11-5-8-14-6-2-1-3-7-14/h1-4,6-7,9-10,12-13H,11H2. The Morgan fingerprint density at radius 3 is 2.80 bits per heavy atom. The third kappa shape index (κ3) is 2.32. The van der Waals surface area contributed by atoms with Gasteiger partial charge < -0.3 is 4.57 Å². The van der Waals surface area contributed by atoms with E-state index in [1.165, 1.54) is 0 Å². The van der Waals surface area contributed by atoms with Gasteiger partial charge in [0.2, 0.25) is 0 Å². The minimum Gasteiger partial charge on any atom is -0.320 e. The molecule has 2 heterocycles. The third-order valence-electron chi connectivity index (χ3n) is 3.05.